The third-order valence-corrected chi connectivity index (χ3v) is 4.75. The molecular weight excluding hydrogens is 273 g/mol. The van der Waals surface area contributed by atoms with Gasteiger partial charge in [-0.3, -0.25) is 0 Å². The summed E-state index contributed by atoms with van der Waals surface area (Å²) in [7, 11) is 0. The molecule has 2 radical (unpaired) electrons. The fraction of sp³-hybridized carbons (Fsp3) is 0. The largest absolute Gasteiger partial charge is 0.456 e. The number of hydrogen-bond donors (Lipinski definition) is 0. The van der Waals surface area contributed by atoms with E-state index in [4.69, 9.17) is 4.42 Å². The second-order valence-corrected chi connectivity index (χ2v) is 5.84. The van der Waals surface area contributed by atoms with Crippen molar-refractivity contribution in [2.75, 3.05) is 0 Å². The van der Waals surface area contributed by atoms with Crippen molar-refractivity contribution in [2.24, 2.45) is 0 Å². The van der Waals surface area contributed by atoms with Crippen LogP contribution in [-0.2, 0) is 0 Å². The summed E-state index contributed by atoms with van der Waals surface area (Å²) in [6, 6.07) is 20.9. The average molecular weight is 283 g/mol. The van der Waals surface area contributed by atoms with Gasteiger partial charge in [0.15, 0.2) is 0 Å². The third-order valence-electron chi connectivity index (χ3n) is 4.21. The summed E-state index contributed by atoms with van der Waals surface area (Å²) in [5, 5.41) is 4.90. The molecule has 0 saturated carbocycles. The highest BCUT2D eigenvalue weighted by molar-refractivity contribution is 6.30. The molecule has 0 aliphatic heterocycles. The van der Waals surface area contributed by atoms with E-state index in [1.165, 1.54) is 32.6 Å². The van der Waals surface area contributed by atoms with Gasteiger partial charge < -0.3 is 7.97 Å². The molecular formula is C18H10AlNO. The zero-order valence-corrected chi connectivity index (χ0v) is 12.4. The van der Waals surface area contributed by atoms with Crippen molar-refractivity contribution in [2.45, 2.75) is 0 Å². The highest BCUT2D eigenvalue weighted by Gasteiger charge is 2.14. The molecule has 0 aliphatic carbocycles. The molecule has 0 amide bonds. The Morgan fingerprint density at radius 1 is 0.714 bits per heavy atom. The van der Waals surface area contributed by atoms with Crippen molar-refractivity contribution in [3.63, 3.8) is 0 Å². The van der Waals surface area contributed by atoms with Crippen LogP contribution >= 0.6 is 0 Å². The molecule has 3 aromatic carbocycles. The van der Waals surface area contributed by atoms with Crippen molar-refractivity contribution in [1.29, 1.82) is 0 Å². The highest BCUT2D eigenvalue weighted by Crippen LogP contribution is 2.38. The first-order chi connectivity index (χ1) is 10.3. The second kappa shape index (κ2) is 3.92. The van der Waals surface area contributed by atoms with Gasteiger partial charge in [-0.2, -0.15) is 0 Å². The van der Waals surface area contributed by atoms with Gasteiger partial charge in [0.2, 0.25) is 0 Å². The fourth-order valence-electron chi connectivity index (χ4n) is 3.30. The van der Waals surface area contributed by atoms with E-state index in [2.05, 4.69) is 68.6 Å². The van der Waals surface area contributed by atoms with E-state index >= 15 is 0 Å². The van der Waals surface area contributed by atoms with Crippen LogP contribution in [0, 0.1) is 0 Å². The minimum Gasteiger partial charge on any atom is -0.456 e. The first-order valence-corrected chi connectivity index (χ1v) is 7.45. The summed E-state index contributed by atoms with van der Waals surface area (Å²) >= 11 is 2.84. The van der Waals surface area contributed by atoms with E-state index < -0.39 is 0 Å². The van der Waals surface area contributed by atoms with E-state index in [9.17, 15) is 0 Å². The molecule has 96 valence electrons. The lowest BCUT2D eigenvalue weighted by Crippen LogP contribution is -1.90. The van der Waals surface area contributed by atoms with Gasteiger partial charge >= 0.3 is 16.5 Å². The Bertz CT molecular complexity index is 1150. The maximum Gasteiger partial charge on any atom is 0.318 e. The average Bonchev–Trinajstić information content (AvgIpc) is 3.04. The normalized spacial score (nSPS) is 12.0. The van der Waals surface area contributed by atoms with Crippen LogP contribution in [0.15, 0.2) is 65.1 Å². The number of aromatic nitrogens is 1. The van der Waals surface area contributed by atoms with Crippen LogP contribution in [0.2, 0.25) is 0 Å². The lowest BCUT2D eigenvalue weighted by atomic mass is 10.1. The van der Waals surface area contributed by atoms with E-state index in [1.54, 1.807) is 0 Å². The van der Waals surface area contributed by atoms with Crippen LogP contribution in [0.25, 0.3) is 43.7 Å². The van der Waals surface area contributed by atoms with Crippen LogP contribution in [0.4, 0.5) is 0 Å². The van der Waals surface area contributed by atoms with Crippen molar-refractivity contribution < 1.29 is 4.42 Å². The van der Waals surface area contributed by atoms with Crippen molar-refractivity contribution in [1.82, 2.24) is 3.55 Å². The number of furan rings is 1. The molecule has 21 heavy (non-hydrogen) atoms. The number of nitrogens with zero attached hydrogens (tertiary/aromatic N) is 1. The maximum atomic E-state index is 5.99. The van der Waals surface area contributed by atoms with Gasteiger partial charge in [0, 0.05) is 27.2 Å². The number of rotatable bonds is 0. The number of fused-ring (bicyclic) bond motifs is 7. The lowest BCUT2D eigenvalue weighted by molar-refractivity contribution is 0.669. The van der Waals surface area contributed by atoms with E-state index in [0.717, 1.165) is 11.2 Å². The van der Waals surface area contributed by atoms with E-state index in [0.29, 0.717) is 0 Å². The molecule has 0 bridgehead atoms. The summed E-state index contributed by atoms with van der Waals surface area (Å²) in [4.78, 5) is 0. The molecule has 0 unspecified atom stereocenters. The first-order valence-electron chi connectivity index (χ1n) is 6.93. The van der Waals surface area contributed by atoms with Gasteiger partial charge in [0.05, 0.1) is 5.39 Å². The Morgan fingerprint density at radius 3 is 2.38 bits per heavy atom. The molecule has 5 aromatic rings. The molecule has 0 fully saturated rings. The lowest BCUT2D eigenvalue weighted by Gasteiger charge is -2.01. The van der Waals surface area contributed by atoms with E-state index in [1.807, 2.05) is 12.1 Å². The zero-order valence-electron chi connectivity index (χ0n) is 11.2. The summed E-state index contributed by atoms with van der Waals surface area (Å²) < 4.78 is 8.18. The molecule has 0 spiro atoms. The summed E-state index contributed by atoms with van der Waals surface area (Å²) in [6.07, 6.45) is 0. The predicted molar refractivity (Wildman–Crippen MR) is 87.9 cm³/mol. The number of benzene rings is 3. The Balaban J connectivity index is 2.18. The molecule has 0 atom stereocenters. The number of para-hydroxylation sites is 2. The molecule has 0 saturated heterocycles. The first kappa shape index (κ1) is 11.5. The summed E-state index contributed by atoms with van der Waals surface area (Å²) in [5.41, 5.74) is 4.31. The van der Waals surface area contributed by atoms with Crippen molar-refractivity contribution in [3.8, 4) is 0 Å². The molecule has 3 heteroatoms. The molecule has 2 heterocycles. The minimum atomic E-state index is 0.940. The third kappa shape index (κ3) is 1.38. The quantitative estimate of drug-likeness (QED) is 0.379. The van der Waals surface area contributed by atoms with Gasteiger partial charge in [-0.05, 0) is 24.3 Å². The van der Waals surface area contributed by atoms with Crippen molar-refractivity contribution >= 4 is 60.3 Å². The Kier molecular flexibility index (Phi) is 2.14. The minimum absolute atomic E-state index is 0.940. The van der Waals surface area contributed by atoms with Crippen molar-refractivity contribution in [3.05, 3.63) is 60.7 Å². The predicted octanol–water partition coefficient (Wildman–Crippen LogP) is 4.63. The van der Waals surface area contributed by atoms with Gasteiger partial charge in [0.25, 0.3) is 0 Å². The monoisotopic (exact) mass is 283 g/mol. The molecule has 0 aliphatic rings. The van der Waals surface area contributed by atoms with Gasteiger partial charge in [-0.1, -0.05) is 36.4 Å². The topological polar surface area (TPSA) is 18.1 Å². The maximum absolute atomic E-state index is 5.99. The zero-order chi connectivity index (χ0) is 14.0. The van der Waals surface area contributed by atoms with Gasteiger partial charge in [-0.25, -0.2) is 0 Å². The molecule has 2 aromatic heterocycles. The summed E-state index contributed by atoms with van der Waals surface area (Å²) in [5.74, 6) is 0. The van der Waals surface area contributed by atoms with Crippen LogP contribution in [-0.4, -0.2) is 20.1 Å². The molecule has 2 nitrogen and oxygen atoms in total. The van der Waals surface area contributed by atoms with Gasteiger partial charge in [0.1, 0.15) is 11.2 Å². The van der Waals surface area contributed by atoms with E-state index in [-0.39, 0.29) is 0 Å². The fourth-order valence-corrected chi connectivity index (χ4v) is 3.79. The SMILES string of the molecule is [Al][n]1c2ccccc2c2ccc3oc4ccccc4c3c21. The number of hydrogen-bond acceptors (Lipinski definition) is 1. The molecule has 5 rings (SSSR count). The smallest absolute Gasteiger partial charge is 0.318 e. The second-order valence-electron chi connectivity index (χ2n) is 5.32. The highest BCUT2D eigenvalue weighted by atomic mass is 27.1. The Morgan fingerprint density at radius 2 is 1.48 bits per heavy atom. The Labute approximate surface area is 129 Å². The van der Waals surface area contributed by atoms with Crippen LogP contribution in [0.5, 0.6) is 0 Å². The van der Waals surface area contributed by atoms with Crippen LogP contribution in [0.3, 0.4) is 0 Å². The summed E-state index contributed by atoms with van der Waals surface area (Å²) in [6.45, 7) is 0. The van der Waals surface area contributed by atoms with Crippen LogP contribution < -0.4 is 0 Å². The molecule has 0 N–H and O–H groups in total. The Hall–Kier alpha value is -2.21. The van der Waals surface area contributed by atoms with Gasteiger partial charge in [-0.15, -0.1) is 0 Å². The standard InChI is InChI=1S/C18H10NO.Al/c1-3-7-14-11(5-1)12-9-10-16-17(18(12)19-14)13-6-2-4-8-15(13)20-16;/h1-10H;/q-1;+1. The van der Waals surface area contributed by atoms with Crippen LogP contribution in [0.1, 0.15) is 0 Å².